The lowest BCUT2D eigenvalue weighted by Gasteiger charge is -2.58. The SMILES string of the molecule is C=C1CC[C@@H]2OC(C)(C)O[C@@H]3[C@H](OCc4ccccc4)[C@H](O[Si](C)(C)C(C)(C)C)C(C)(C)C(=O)[C@@H](OCc4ccccc4)[C@H]1[C@H]32. The van der Waals surface area contributed by atoms with Gasteiger partial charge in [0.15, 0.2) is 19.9 Å². The first-order valence-electron chi connectivity index (χ1n) is 16.6. The number of Topliss-reactive ketones (excluding diaryl/α,β-unsaturated/α-hetero) is 1. The molecule has 0 spiro atoms. The summed E-state index contributed by atoms with van der Waals surface area (Å²) in [6.07, 6.45) is -0.794. The molecule has 0 aromatic heterocycles. The number of benzene rings is 2. The molecule has 1 heterocycles. The zero-order chi connectivity index (χ0) is 32.8. The molecule has 6 nitrogen and oxygen atoms in total. The lowest BCUT2D eigenvalue weighted by atomic mass is 9.60. The second kappa shape index (κ2) is 12.8. The Hall–Kier alpha value is -2.13. The maximum atomic E-state index is 15.1. The fourth-order valence-corrected chi connectivity index (χ4v) is 8.51. The van der Waals surface area contributed by atoms with E-state index in [0.717, 1.165) is 29.5 Å². The summed E-state index contributed by atoms with van der Waals surface area (Å²) in [6.45, 7) is 24.4. The third-order valence-electron chi connectivity index (χ3n) is 10.6. The van der Waals surface area contributed by atoms with Gasteiger partial charge < -0.3 is 23.4 Å². The van der Waals surface area contributed by atoms with Gasteiger partial charge in [-0.05, 0) is 55.9 Å². The molecule has 1 saturated heterocycles. The lowest BCUT2D eigenvalue weighted by Crippen LogP contribution is -2.69. The maximum absolute atomic E-state index is 15.1. The minimum atomic E-state index is -2.40. The first kappa shape index (κ1) is 34.2. The maximum Gasteiger partial charge on any atom is 0.192 e. The van der Waals surface area contributed by atoms with Crippen LogP contribution in [0.25, 0.3) is 0 Å². The van der Waals surface area contributed by atoms with E-state index in [4.69, 9.17) is 23.4 Å². The van der Waals surface area contributed by atoms with Crippen molar-refractivity contribution in [1.29, 1.82) is 0 Å². The van der Waals surface area contributed by atoms with Crippen LogP contribution in [0.5, 0.6) is 0 Å². The summed E-state index contributed by atoms with van der Waals surface area (Å²) in [6, 6.07) is 20.2. The third-order valence-corrected chi connectivity index (χ3v) is 15.1. The molecule has 246 valence electrons. The summed E-state index contributed by atoms with van der Waals surface area (Å²) in [5.41, 5.74) is 2.14. The van der Waals surface area contributed by atoms with E-state index in [0.29, 0.717) is 13.2 Å². The molecule has 45 heavy (non-hydrogen) atoms. The molecule has 0 amide bonds. The van der Waals surface area contributed by atoms with E-state index in [1.54, 1.807) is 0 Å². The summed E-state index contributed by atoms with van der Waals surface area (Å²) in [5, 5.41) is -0.0817. The molecular formula is C38H54O6Si. The quantitative estimate of drug-likeness (QED) is 0.215. The van der Waals surface area contributed by atoms with Gasteiger partial charge in [-0.15, -0.1) is 0 Å². The highest BCUT2D eigenvalue weighted by atomic mass is 28.4. The molecule has 7 heteroatoms. The van der Waals surface area contributed by atoms with Crippen molar-refractivity contribution >= 4 is 14.1 Å². The normalized spacial score (nSPS) is 31.5. The lowest BCUT2D eigenvalue weighted by molar-refractivity contribution is -0.357. The molecule has 2 aromatic rings. The van der Waals surface area contributed by atoms with Crippen molar-refractivity contribution in [3.63, 3.8) is 0 Å². The van der Waals surface area contributed by atoms with E-state index in [1.165, 1.54) is 0 Å². The zero-order valence-corrected chi connectivity index (χ0v) is 29.8. The van der Waals surface area contributed by atoms with Crippen LogP contribution in [0.15, 0.2) is 72.8 Å². The van der Waals surface area contributed by atoms with Gasteiger partial charge in [0.2, 0.25) is 0 Å². The monoisotopic (exact) mass is 634 g/mol. The molecule has 2 saturated carbocycles. The van der Waals surface area contributed by atoms with Crippen molar-refractivity contribution in [3.05, 3.63) is 83.9 Å². The highest BCUT2D eigenvalue weighted by molar-refractivity contribution is 6.74. The number of carbonyl (C=O) groups excluding carboxylic acids is 1. The van der Waals surface area contributed by atoms with Crippen LogP contribution in [-0.4, -0.2) is 50.4 Å². The second-order valence-electron chi connectivity index (χ2n) is 15.8. The van der Waals surface area contributed by atoms with E-state index in [-0.39, 0.29) is 28.8 Å². The third kappa shape index (κ3) is 7.09. The number of ether oxygens (including phenoxy) is 4. The Kier molecular flexibility index (Phi) is 9.74. The van der Waals surface area contributed by atoms with Crippen molar-refractivity contribution in [1.82, 2.24) is 0 Å². The molecule has 2 aliphatic carbocycles. The van der Waals surface area contributed by atoms with Crippen molar-refractivity contribution in [2.75, 3.05) is 0 Å². The van der Waals surface area contributed by atoms with E-state index in [1.807, 2.05) is 76.2 Å². The number of carbonyl (C=O) groups is 1. The van der Waals surface area contributed by atoms with Crippen LogP contribution in [0, 0.1) is 17.3 Å². The number of hydrogen-bond donors (Lipinski definition) is 0. The topological polar surface area (TPSA) is 63.2 Å². The van der Waals surface area contributed by atoms with Crippen LogP contribution in [0.3, 0.4) is 0 Å². The largest absolute Gasteiger partial charge is 0.410 e. The molecule has 3 aliphatic rings. The predicted octanol–water partition coefficient (Wildman–Crippen LogP) is 8.26. The predicted molar refractivity (Wildman–Crippen MR) is 180 cm³/mol. The molecule has 3 fully saturated rings. The Bertz CT molecular complexity index is 1330. The van der Waals surface area contributed by atoms with Gasteiger partial charge in [0, 0.05) is 11.8 Å². The van der Waals surface area contributed by atoms with Crippen LogP contribution in [0.4, 0.5) is 0 Å². The van der Waals surface area contributed by atoms with Gasteiger partial charge in [-0.1, -0.05) is 107 Å². The summed E-state index contributed by atoms with van der Waals surface area (Å²) in [5.74, 6) is -1.28. The van der Waals surface area contributed by atoms with E-state index < -0.39 is 43.9 Å². The van der Waals surface area contributed by atoms with Gasteiger partial charge in [0.05, 0.1) is 36.9 Å². The molecular weight excluding hydrogens is 580 g/mol. The van der Waals surface area contributed by atoms with Gasteiger partial charge in [0.1, 0.15) is 12.2 Å². The fraction of sp³-hybridized carbons (Fsp3) is 0.605. The van der Waals surface area contributed by atoms with Crippen LogP contribution in [0.1, 0.15) is 72.4 Å². The van der Waals surface area contributed by atoms with E-state index >= 15 is 4.79 Å². The summed E-state index contributed by atoms with van der Waals surface area (Å²) < 4.78 is 34.6. The van der Waals surface area contributed by atoms with E-state index in [9.17, 15) is 0 Å². The molecule has 5 rings (SSSR count). The van der Waals surface area contributed by atoms with Gasteiger partial charge in [-0.3, -0.25) is 4.79 Å². The van der Waals surface area contributed by atoms with E-state index in [2.05, 4.69) is 52.6 Å². The van der Waals surface area contributed by atoms with Crippen molar-refractivity contribution in [2.45, 2.75) is 129 Å². The van der Waals surface area contributed by atoms with Gasteiger partial charge in [-0.25, -0.2) is 0 Å². The van der Waals surface area contributed by atoms with Gasteiger partial charge in [-0.2, -0.15) is 0 Å². The van der Waals surface area contributed by atoms with Crippen LogP contribution in [-0.2, 0) is 41.4 Å². The highest BCUT2D eigenvalue weighted by Crippen LogP contribution is 2.53. The number of ketones is 1. The molecule has 0 N–H and O–H groups in total. The average molecular weight is 635 g/mol. The Labute approximate surface area is 272 Å². The molecule has 7 atom stereocenters. The average Bonchev–Trinajstić information content (AvgIpc) is 2.97. The number of rotatable bonds is 8. The molecule has 2 aromatic carbocycles. The van der Waals surface area contributed by atoms with Gasteiger partial charge in [0.25, 0.3) is 0 Å². The van der Waals surface area contributed by atoms with Crippen LogP contribution < -0.4 is 0 Å². The molecule has 1 aliphatic heterocycles. The minimum Gasteiger partial charge on any atom is -0.410 e. The summed E-state index contributed by atoms with van der Waals surface area (Å²) >= 11 is 0. The summed E-state index contributed by atoms with van der Waals surface area (Å²) in [4.78, 5) is 15.1. The Morgan fingerprint density at radius 3 is 2.00 bits per heavy atom. The minimum absolute atomic E-state index is 0.0190. The van der Waals surface area contributed by atoms with Crippen molar-refractivity contribution in [2.24, 2.45) is 17.3 Å². The van der Waals surface area contributed by atoms with Crippen LogP contribution in [0.2, 0.25) is 18.1 Å². The van der Waals surface area contributed by atoms with Crippen molar-refractivity contribution < 1.29 is 28.2 Å². The van der Waals surface area contributed by atoms with Crippen molar-refractivity contribution in [3.8, 4) is 0 Å². The van der Waals surface area contributed by atoms with Gasteiger partial charge >= 0.3 is 0 Å². The number of hydrogen-bond acceptors (Lipinski definition) is 6. The Morgan fingerprint density at radius 2 is 1.44 bits per heavy atom. The first-order chi connectivity index (χ1) is 21.0. The molecule has 0 bridgehead atoms. The zero-order valence-electron chi connectivity index (χ0n) is 28.8. The molecule has 0 radical (unpaired) electrons. The highest BCUT2D eigenvalue weighted by Gasteiger charge is 2.62. The summed E-state index contributed by atoms with van der Waals surface area (Å²) in [7, 11) is -2.40. The fourth-order valence-electron chi connectivity index (χ4n) is 7.09. The second-order valence-corrected chi connectivity index (χ2v) is 20.6. The van der Waals surface area contributed by atoms with Crippen LogP contribution >= 0.6 is 0 Å². The Morgan fingerprint density at radius 1 is 0.889 bits per heavy atom. The molecule has 0 unspecified atom stereocenters. The standard InChI is InChI=1S/C38H54O6Si/c1-25-21-22-28-30-29(25)32(40-23-26-17-13-11-14-18-26)34(39)37(5,6)35(44-45(9,10)36(2,3)4)33(31(30)43-38(7,8)42-28)41-24-27-19-15-12-16-20-27/h11-20,28-33,35H,1,21-24H2,2-10H3/t28-,29+,30+,31-,32-,33-,35-/m0/s1. The Balaban J connectivity index is 1.65. The first-order valence-corrected chi connectivity index (χ1v) is 19.5. The smallest absolute Gasteiger partial charge is 0.192 e.